The van der Waals surface area contributed by atoms with Gasteiger partial charge in [-0.2, -0.15) is 0 Å². The molecule has 0 N–H and O–H groups in total. The minimum absolute atomic E-state index is 0.0627. The second kappa shape index (κ2) is 7.71. The van der Waals surface area contributed by atoms with Crippen molar-refractivity contribution in [2.45, 2.75) is 18.9 Å². The number of likely N-dealkylation sites (tertiary alicyclic amines) is 1. The molecule has 2 aromatic carbocycles. The maximum absolute atomic E-state index is 12.8. The van der Waals surface area contributed by atoms with Gasteiger partial charge in [0.15, 0.2) is 0 Å². The van der Waals surface area contributed by atoms with Crippen molar-refractivity contribution in [1.29, 1.82) is 0 Å². The number of halogens is 2. The molecule has 2 heterocycles. The third kappa shape index (κ3) is 3.84. The first-order valence-corrected chi connectivity index (χ1v) is 9.58. The molecule has 1 saturated heterocycles. The van der Waals surface area contributed by atoms with Crippen LogP contribution in [-0.2, 0) is 0 Å². The topological polar surface area (TPSA) is 51.0 Å². The summed E-state index contributed by atoms with van der Waals surface area (Å²) in [5, 5.41) is 8.97. The fourth-order valence-corrected chi connectivity index (χ4v) is 3.71. The van der Waals surface area contributed by atoms with Gasteiger partial charge in [0.2, 0.25) is 0 Å². The molecule has 0 unspecified atom stereocenters. The zero-order valence-electron chi connectivity index (χ0n) is 14.6. The summed E-state index contributed by atoms with van der Waals surface area (Å²) >= 11 is 12.1. The molecule has 1 aliphatic heterocycles. The van der Waals surface area contributed by atoms with Crippen molar-refractivity contribution in [2.75, 3.05) is 13.1 Å². The predicted molar refractivity (Wildman–Crippen MR) is 106 cm³/mol. The number of piperidine rings is 1. The van der Waals surface area contributed by atoms with Gasteiger partial charge in [-0.3, -0.25) is 4.79 Å². The number of hydrogen-bond donors (Lipinski definition) is 0. The van der Waals surface area contributed by atoms with Crippen molar-refractivity contribution >= 4 is 29.1 Å². The Bertz CT molecular complexity index is 933. The lowest BCUT2D eigenvalue weighted by Gasteiger charge is -2.31. The summed E-state index contributed by atoms with van der Waals surface area (Å²) in [6.07, 6.45) is 5.34. The minimum Gasteiger partial charge on any atom is -0.338 e. The second-order valence-electron chi connectivity index (χ2n) is 6.61. The molecule has 0 radical (unpaired) electrons. The van der Waals surface area contributed by atoms with Crippen LogP contribution < -0.4 is 0 Å². The maximum Gasteiger partial charge on any atom is 0.253 e. The van der Waals surface area contributed by atoms with E-state index in [4.69, 9.17) is 23.2 Å². The predicted octanol–water partition coefficient (Wildman–Crippen LogP) is 4.73. The molecule has 7 heteroatoms. The highest BCUT2D eigenvalue weighted by molar-refractivity contribution is 6.42. The number of rotatable bonds is 3. The van der Waals surface area contributed by atoms with Crippen LogP contribution in [0.5, 0.6) is 0 Å². The number of aromatic nitrogens is 3. The highest BCUT2D eigenvalue weighted by Crippen LogP contribution is 2.29. The molecule has 1 fully saturated rings. The second-order valence-corrected chi connectivity index (χ2v) is 7.43. The van der Waals surface area contributed by atoms with E-state index >= 15 is 0 Å². The molecule has 4 rings (SSSR count). The summed E-state index contributed by atoms with van der Waals surface area (Å²) in [4.78, 5) is 14.7. The fraction of sp³-hybridized carbons (Fsp3) is 0.250. The molecule has 1 amide bonds. The summed E-state index contributed by atoms with van der Waals surface area (Å²) < 4.78 is 1.88. The van der Waals surface area contributed by atoms with Crippen LogP contribution in [0.3, 0.4) is 0 Å². The normalized spacial score (nSPS) is 15.1. The van der Waals surface area contributed by atoms with E-state index in [1.807, 2.05) is 52.2 Å². The summed E-state index contributed by atoms with van der Waals surface area (Å²) in [6.45, 7) is 1.44. The van der Waals surface area contributed by atoms with Gasteiger partial charge in [-0.25, -0.2) is 4.68 Å². The van der Waals surface area contributed by atoms with E-state index in [2.05, 4.69) is 10.3 Å². The van der Waals surface area contributed by atoms with E-state index in [-0.39, 0.29) is 5.91 Å². The molecule has 0 atom stereocenters. The smallest absolute Gasteiger partial charge is 0.253 e. The average Bonchev–Trinajstić information content (AvgIpc) is 3.25. The lowest BCUT2D eigenvalue weighted by molar-refractivity contribution is 0.0689. The van der Waals surface area contributed by atoms with Crippen LogP contribution >= 0.6 is 23.2 Å². The molecular weight excluding hydrogens is 383 g/mol. The highest BCUT2D eigenvalue weighted by atomic mass is 35.5. The molecule has 27 heavy (non-hydrogen) atoms. The van der Waals surface area contributed by atoms with Crippen LogP contribution in [0.4, 0.5) is 0 Å². The van der Waals surface area contributed by atoms with Gasteiger partial charge in [0.05, 0.1) is 22.3 Å². The van der Waals surface area contributed by atoms with Crippen molar-refractivity contribution in [3.05, 3.63) is 70.5 Å². The van der Waals surface area contributed by atoms with Gasteiger partial charge in [0.25, 0.3) is 5.91 Å². The maximum atomic E-state index is 12.8. The first-order valence-electron chi connectivity index (χ1n) is 8.82. The molecule has 1 aliphatic rings. The van der Waals surface area contributed by atoms with Crippen molar-refractivity contribution in [3.63, 3.8) is 0 Å². The number of carbonyl (C=O) groups excluding carboxylic acids is 1. The number of benzene rings is 2. The van der Waals surface area contributed by atoms with E-state index in [1.165, 1.54) is 0 Å². The molecule has 5 nitrogen and oxygen atoms in total. The Labute approximate surface area is 167 Å². The van der Waals surface area contributed by atoms with E-state index in [0.717, 1.165) is 37.1 Å². The largest absolute Gasteiger partial charge is 0.338 e. The standard InChI is InChI=1S/C20H18Cl2N4O/c21-18-6-5-16(13-19(18)22)14-1-3-15(4-2-14)20(27)25-10-7-17(8-11-25)26-12-9-23-24-26/h1-6,9,12-13,17H,7-8,10-11H2. The van der Waals surface area contributed by atoms with E-state index < -0.39 is 0 Å². The Morgan fingerprint density at radius 3 is 2.30 bits per heavy atom. The number of hydrogen-bond acceptors (Lipinski definition) is 3. The molecule has 3 aromatic rings. The van der Waals surface area contributed by atoms with Gasteiger partial charge in [-0.05, 0) is 48.2 Å². The molecular formula is C20H18Cl2N4O. The lowest BCUT2D eigenvalue weighted by atomic mass is 10.0. The van der Waals surface area contributed by atoms with E-state index in [1.54, 1.807) is 12.3 Å². The molecule has 138 valence electrons. The molecule has 1 aromatic heterocycles. The van der Waals surface area contributed by atoms with Crippen molar-refractivity contribution in [2.24, 2.45) is 0 Å². The molecule has 0 aliphatic carbocycles. The van der Waals surface area contributed by atoms with Crippen LogP contribution in [0.2, 0.25) is 10.0 Å². The fourth-order valence-electron chi connectivity index (χ4n) is 3.41. The Hall–Kier alpha value is -2.37. The third-order valence-corrected chi connectivity index (χ3v) is 5.69. The van der Waals surface area contributed by atoms with Crippen molar-refractivity contribution < 1.29 is 4.79 Å². The first kappa shape index (κ1) is 18.0. The lowest BCUT2D eigenvalue weighted by Crippen LogP contribution is -2.39. The van der Waals surface area contributed by atoms with Gasteiger partial charge in [-0.15, -0.1) is 5.10 Å². The van der Waals surface area contributed by atoms with Crippen LogP contribution in [0.25, 0.3) is 11.1 Å². The van der Waals surface area contributed by atoms with Crippen LogP contribution in [0.15, 0.2) is 54.9 Å². The van der Waals surface area contributed by atoms with Crippen LogP contribution in [0.1, 0.15) is 29.2 Å². The van der Waals surface area contributed by atoms with E-state index in [9.17, 15) is 4.79 Å². The molecule has 0 saturated carbocycles. The Balaban J connectivity index is 1.43. The summed E-state index contributed by atoms with van der Waals surface area (Å²) in [5.74, 6) is 0.0627. The average molecular weight is 401 g/mol. The SMILES string of the molecule is O=C(c1ccc(-c2ccc(Cl)c(Cl)c2)cc1)N1CCC(n2ccnn2)CC1. The minimum atomic E-state index is 0.0627. The summed E-state index contributed by atoms with van der Waals surface area (Å²) in [5.41, 5.74) is 2.66. The zero-order valence-corrected chi connectivity index (χ0v) is 16.1. The first-order chi connectivity index (χ1) is 13.1. The van der Waals surface area contributed by atoms with Crippen LogP contribution in [-0.4, -0.2) is 38.9 Å². The van der Waals surface area contributed by atoms with Crippen molar-refractivity contribution in [1.82, 2.24) is 19.9 Å². The summed E-state index contributed by atoms with van der Waals surface area (Å²) in [6, 6.07) is 13.4. The Kier molecular flexibility index (Phi) is 5.14. The number of carbonyl (C=O) groups is 1. The third-order valence-electron chi connectivity index (χ3n) is 4.95. The summed E-state index contributed by atoms with van der Waals surface area (Å²) in [7, 11) is 0. The Morgan fingerprint density at radius 2 is 1.67 bits per heavy atom. The van der Waals surface area contributed by atoms with Gasteiger partial charge in [-0.1, -0.05) is 46.6 Å². The van der Waals surface area contributed by atoms with Crippen molar-refractivity contribution in [3.8, 4) is 11.1 Å². The number of amides is 1. The molecule has 0 bridgehead atoms. The van der Waals surface area contributed by atoms with Crippen LogP contribution in [0, 0.1) is 0 Å². The van der Waals surface area contributed by atoms with Gasteiger partial charge in [0, 0.05) is 24.8 Å². The van der Waals surface area contributed by atoms with E-state index in [0.29, 0.717) is 21.7 Å². The zero-order chi connectivity index (χ0) is 18.8. The number of nitrogens with zero attached hydrogens (tertiary/aromatic N) is 4. The van der Waals surface area contributed by atoms with Gasteiger partial charge >= 0.3 is 0 Å². The molecule has 0 spiro atoms. The van der Waals surface area contributed by atoms with Gasteiger partial charge in [0.1, 0.15) is 0 Å². The quantitative estimate of drug-likeness (QED) is 0.638. The Morgan fingerprint density at radius 1 is 0.963 bits per heavy atom. The highest BCUT2D eigenvalue weighted by Gasteiger charge is 2.24. The monoisotopic (exact) mass is 400 g/mol. The van der Waals surface area contributed by atoms with Gasteiger partial charge < -0.3 is 4.90 Å².